The van der Waals surface area contributed by atoms with Gasteiger partial charge in [0.1, 0.15) is 18.0 Å². The normalized spacial score (nSPS) is 17.3. The largest absolute Gasteiger partial charge is 0.489 e. The Morgan fingerprint density at radius 3 is 2.77 bits per heavy atom. The van der Waals surface area contributed by atoms with E-state index >= 15 is 0 Å². The van der Waals surface area contributed by atoms with E-state index in [0.29, 0.717) is 23.3 Å². The molecule has 156 valence electrons. The van der Waals surface area contributed by atoms with Gasteiger partial charge in [-0.2, -0.15) is 5.26 Å². The lowest BCUT2D eigenvalue weighted by atomic mass is 9.79. The Bertz CT molecular complexity index is 1140. The van der Waals surface area contributed by atoms with Crippen LogP contribution in [0.3, 0.4) is 0 Å². The van der Waals surface area contributed by atoms with Gasteiger partial charge in [0, 0.05) is 11.1 Å². The lowest BCUT2D eigenvalue weighted by Crippen LogP contribution is -2.43. The van der Waals surface area contributed by atoms with Crippen LogP contribution in [0.15, 0.2) is 72.8 Å². The smallest absolute Gasteiger partial charge is 0.251 e. The molecule has 0 heterocycles. The zero-order valence-corrected chi connectivity index (χ0v) is 17.2. The number of nitriles is 1. The fourth-order valence-corrected chi connectivity index (χ4v) is 4.05. The van der Waals surface area contributed by atoms with E-state index in [9.17, 15) is 15.2 Å². The molecule has 0 fully saturated rings. The monoisotopic (exact) mass is 412 g/mol. The van der Waals surface area contributed by atoms with Crippen molar-refractivity contribution in [2.45, 2.75) is 31.5 Å². The minimum Gasteiger partial charge on any atom is -0.489 e. The van der Waals surface area contributed by atoms with Crippen molar-refractivity contribution in [1.29, 1.82) is 5.26 Å². The van der Waals surface area contributed by atoms with Crippen molar-refractivity contribution in [3.8, 4) is 11.8 Å². The number of nitrogens with one attached hydrogen (secondary N) is 1. The van der Waals surface area contributed by atoms with Crippen LogP contribution in [-0.4, -0.2) is 17.6 Å². The minimum atomic E-state index is -1.06. The Morgan fingerprint density at radius 2 is 1.90 bits per heavy atom. The number of carbonyl (C=O) groups is 1. The number of aryl methyl sites for hydroxylation is 1. The SMILES string of the molecule is N#Cc1ccccc1COc1cccc(C(=O)NCC2(O)CCCc3ccccc32)c1. The molecular weight excluding hydrogens is 388 g/mol. The van der Waals surface area contributed by atoms with Crippen molar-refractivity contribution < 1.29 is 14.6 Å². The van der Waals surface area contributed by atoms with Crippen LogP contribution >= 0.6 is 0 Å². The summed E-state index contributed by atoms with van der Waals surface area (Å²) in [5.74, 6) is 0.279. The second kappa shape index (κ2) is 9.03. The van der Waals surface area contributed by atoms with Gasteiger partial charge in [-0.15, -0.1) is 0 Å². The lowest BCUT2D eigenvalue weighted by molar-refractivity contribution is 0.0189. The topological polar surface area (TPSA) is 82.3 Å². The highest BCUT2D eigenvalue weighted by Gasteiger charge is 2.34. The van der Waals surface area contributed by atoms with Crippen LogP contribution in [0.1, 0.15) is 45.5 Å². The number of hydrogen-bond acceptors (Lipinski definition) is 4. The number of rotatable bonds is 6. The summed E-state index contributed by atoms with van der Waals surface area (Å²) in [6.07, 6.45) is 2.45. The third-order valence-corrected chi connectivity index (χ3v) is 5.72. The van der Waals surface area contributed by atoms with Gasteiger partial charge in [0.2, 0.25) is 0 Å². The van der Waals surface area contributed by atoms with Crippen LogP contribution in [0, 0.1) is 11.3 Å². The molecule has 1 atom stereocenters. The molecule has 31 heavy (non-hydrogen) atoms. The highest BCUT2D eigenvalue weighted by atomic mass is 16.5. The van der Waals surface area contributed by atoms with Crippen molar-refractivity contribution in [2.75, 3.05) is 6.54 Å². The van der Waals surface area contributed by atoms with E-state index in [0.717, 1.165) is 29.5 Å². The first-order valence-corrected chi connectivity index (χ1v) is 10.4. The quantitative estimate of drug-likeness (QED) is 0.639. The Labute approximate surface area is 181 Å². The summed E-state index contributed by atoms with van der Waals surface area (Å²) in [6, 6.07) is 24.2. The molecule has 1 aliphatic carbocycles. The van der Waals surface area contributed by atoms with Gasteiger partial charge in [-0.25, -0.2) is 0 Å². The maximum atomic E-state index is 12.7. The average molecular weight is 412 g/mol. The highest BCUT2D eigenvalue weighted by molar-refractivity contribution is 5.94. The van der Waals surface area contributed by atoms with Crippen LogP contribution in [0.2, 0.25) is 0 Å². The van der Waals surface area contributed by atoms with Gasteiger partial charge in [0.15, 0.2) is 0 Å². The molecular formula is C26H24N2O3. The van der Waals surface area contributed by atoms with E-state index in [-0.39, 0.29) is 19.1 Å². The molecule has 5 heteroatoms. The van der Waals surface area contributed by atoms with Gasteiger partial charge in [-0.05, 0) is 54.7 Å². The summed E-state index contributed by atoms with van der Waals surface area (Å²) in [5, 5.41) is 23.3. The van der Waals surface area contributed by atoms with Crippen molar-refractivity contribution in [3.05, 3.63) is 101 Å². The molecule has 0 aliphatic heterocycles. The molecule has 3 aromatic carbocycles. The average Bonchev–Trinajstić information content (AvgIpc) is 2.82. The number of fused-ring (bicyclic) bond motifs is 1. The Balaban J connectivity index is 1.41. The molecule has 0 saturated heterocycles. The second-order valence-corrected chi connectivity index (χ2v) is 7.81. The number of hydrogen-bond donors (Lipinski definition) is 2. The van der Waals surface area contributed by atoms with E-state index in [2.05, 4.69) is 11.4 Å². The molecule has 0 radical (unpaired) electrons. The third kappa shape index (κ3) is 4.60. The van der Waals surface area contributed by atoms with Crippen LogP contribution in [0.4, 0.5) is 0 Å². The molecule has 1 aliphatic rings. The summed E-state index contributed by atoms with van der Waals surface area (Å²) < 4.78 is 5.81. The zero-order chi connectivity index (χ0) is 21.7. The number of amides is 1. The molecule has 0 saturated carbocycles. The van der Waals surface area contributed by atoms with Crippen LogP contribution in [0.25, 0.3) is 0 Å². The first-order valence-electron chi connectivity index (χ1n) is 10.4. The summed E-state index contributed by atoms with van der Waals surface area (Å²) in [4.78, 5) is 12.7. The van der Waals surface area contributed by atoms with E-state index in [1.54, 1.807) is 30.3 Å². The summed E-state index contributed by atoms with van der Waals surface area (Å²) >= 11 is 0. The molecule has 0 spiro atoms. The molecule has 0 bridgehead atoms. The molecule has 4 rings (SSSR count). The predicted octanol–water partition coefficient (Wildman–Crippen LogP) is 4.09. The predicted molar refractivity (Wildman–Crippen MR) is 118 cm³/mol. The minimum absolute atomic E-state index is 0.156. The van der Waals surface area contributed by atoms with Gasteiger partial charge in [-0.1, -0.05) is 48.5 Å². The van der Waals surface area contributed by atoms with Gasteiger partial charge >= 0.3 is 0 Å². The maximum absolute atomic E-state index is 12.7. The maximum Gasteiger partial charge on any atom is 0.251 e. The number of benzene rings is 3. The number of carbonyl (C=O) groups excluding carboxylic acids is 1. The highest BCUT2D eigenvalue weighted by Crippen LogP contribution is 2.34. The standard InChI is InChI=1S/C26H24N2O3/c27-16-21-8-1-2-9-22(21)17-31-23-12-5-10-20(15-23)25(29)28-18-26(30)14-6-11-19-7-3-4-13-24(19)26/h1-5,7-10,12-13,15,30H,6,11,14,17-18H2,(H,28,29). The van der Waals surface area contributed by atoms with E-state index < -0.39 is 5.60 Å². The molecule has 1 amide bonds. The first-order chi connectivity index (χ1) is 15.1. The van der Waals surface area contributed by atoms with Crippen LogP contribution in [-0.2, 0) is 18.6 Å². The Morgan fingerprint density at radius 1 is 1.10 bits per heavy atom. The Hall–Kier alpha value is -3.62. The van der Waals surface area contributed by atoms with Crippen molar-refractivity contribution >= 4 is 5.91 Å². The molecule has 5 nitrogen and oxygen atoms in total. The van der Waals surface area contributed by atoms with Gasteiger partial charge in [0.25, 0.3) is 5.91 Å². The molecule has 0 aromatic heterocycles. The van der Waals surface area contributed by atoms with Gasteiger partial charge in [-0.3, -0.25) is 4.79 Å². The van der Waals surface area contributed by atoms with Crippen molar-refractivity contribution in [2.24, 2.45) is 0 Å². The van der Waals surface area contributed by atoms with Crippen molar-refractivity contribution in [1.82, 2.24) is 5.32 Å². The third-order valence-electron chi connectivity index (χ3n) is 5.72. The van der Waals surface area contributed by atoms with Gasteiger partial charge in [0.05, 0.1) is 18.2 Å². The lowest BCUT2D eigenvalue weighted by Gasteiger charge is -2.34. The molecule has 2 N–H and O–H groups in total. The summed E-state index contributed by atoms with van der Waals surface area (Å²) in [7, 11) is 0. The van der Waals surface area contributed by atoms with Crippen LogP contribution in [0.5, 0.6) is 5.75 Å². The summed E-state index contributed by atoms with van der Waals surface area (Å²) in [6.45, 7) is 0.398. The first kappa shape index (κ1) is 20.6. The molecule has 1 unspecified atom stereocenters. The van der Waals surface area contributed by atoms with E-state index in [1.165, 1.54) is 0 Å². The number of aliphatic hydroxyl groups is 1. The zero-order valence-electron chi connectivity index (χ0n) is 17.2. The fraction of sp³-hybridized carbons (Fsp3) is 0.231. The second-order valence-electron chi connectivity index (χ2n) is 7.81. The van der Waals surface area contributed by atoms with Gasteiger partial charge < -0.3 is 15.2 Å². The Kier molecular flexibility index (Phi) is 6.01. The van der Waals surface area contributed by atoms with E-state index in [1.807, 2.05) is 42.5 Å². The summed E-state index contributed by atoms with van der Waals surface area (Å²) in [5.41, 5.74) is 2.79. The van der Waals surface area contributed by atoms with Crippen molar-refractivity contribution in [3.63, 3.8) is 0 Å². The molecule has 3 aromatic rings. The fourth-order valence-electron chi connectivity index (χ4n) is 4.05. The number of nitrogens with zero attached hydrogens (tertiary/aromatic N) is 1. The number of ether oxygens (including phenoxy) is 1. The van der Waals surface area contributed by atoms with E-state index in [4.69, 9.17) is 4.74 Å². The van der Waals surface area contributed by atoms with Crippen LogP contribution < -0.4 is 10.1 Å².